The lowest BCUT2D eigenvalue weighted by Crippen LogP contribution is -2.16. The van der Waals surface area contributed by atoms with Crippen LogP contribution in [0.4, 0.5) is 5.69 Å². The molecule has 0 saturated heterocycles. The molecular weight excluding hydrogens is 366 g/mol. The van der Waals surface area contributed by atoms with Gasteiger partial charge in [0, 0.05) is 25.2 Å². The van der Waals surface area contributed by atoms with Gasteiger partial charge in [0.1, 0.15) is 5.75 Å². The van der Waals surface area contributed by atoms with Gasteiger partial charge in [0.2, 0.25) is 5.75 Å². The highest BCUT2D eigenvalue weighted by molar-refractivity contribution is 5.71. The zero-order valence-corrected chi connectivity index (χ0v) is 15.7. The fourth-order valence-electron chi connectivity index (χ4n) is 2.37. The van der Waals surface area contributed by atoms with Gasteiger partial charge in [0.15, 0.2) is 6.61 Å². The second kappa shape index (κ2) is 11.6. The summed E-state index contributed by atoms with van der Waals surface area (Å²) in [5, 5.41) is 10.8. The van der Waals surface area contributed by atoms with Crippen LogP contribution in [0.1, 0.15) is 12.0 Å². The molecule has 0 atom stereocenters. The first-order chi connectivity index (χ1) is 13.6. The molecule has 0 spiro atoms. The van der Waals surface area contributed by atoms with E-state index in [1.54, 1.807) is 0 Å². The van der Waals surface area contributed by atoms with Crippen LogP contribution in [0.5, 0.6) is 11.5 Å². The van der Waals surface area contributed by atoms with E-state index in [2.05, 4.69) is 0 Å². The first-order valence-electron chi connectivity index (χ1n) is 8.82. The molecule has 8 nitrogen and oxygen atoms in total. The number of methoxy groups -OCH3 is 1. The lowest BCUT2D eigenvalue weighted by Gasteiger charge is -2.09. The van der Waals surface area contributed by atoms with E-state index >= 15 is 0 Å². The summed E-state index contributed by atoms with van der Waals surface area (Å²) in [7, 11) is 1.32. The maximum absolute atomic E-state index is 11.7. The van der Waals surface area contributed by atoms with Crippen molar-refractivity contribution >= 4 is 11.7 Å². The van der Waals surface area contributed by atoms with Crippen LogP contribution in [-0.2, 0) is 20.7 Å². The predicted octanol–water partition coefficient (Wildman–Crippen LogP) is 3.17. The fraction of sp³-hybridized carbons (Fsp3) is 0.350. The number of nitrogens with zero attached hydrogens (tertiary/aromatic N) is 1. The molecule has 8 heteroatoms. The average molecular weight is 389 g/mol. The lowest BCUT2D eigenvalue weighted by atomic mass is 10.2. The third-order valence-electron chi connectivity index (χ3n) is 3.78. The Morgan fingerprint density at radius 3 is 2.57 bits per heavy atom. The van der Waals surface area contributed by atoms with Gasteiger partial charge in [-0.3, -0.25) is 10.1 Å². The van der Waals surface area contributed by atoms with E-state index in [1.165, 1.54) is 30.9 Å². The van der Waals surface area contributed by atoms with Crippen molar-refractivity contribution in [3.05, 3.63) is 64.2 Å². The number of esters is 1. The van der Waals surface area contributed by atoms with E-state index < -0.39 is 10.9 Å². The van der Waals surface area contributed by atoms with Crippen LogP contribution >= 0.6 is 0 Å². The maximum atomic E-state index is 11.7. The summed E-state index contributed by atoms with van der Waals surface area (Å²) >= 11 is 0. The van der Waals surface area contributed by atoms with Gasteiger partial charge >= 0.3 is 11.7 Å². The van der Waals surface area contributed by atoms with Gasteiger partial charge in [0.05, 0.1) is 25.2 Å². The molecule has 28 heavy (non-hydrogen) atoms. The Morgan fingerprint density at radius 2 is 1.86 bits per heavy atom. The fourth-order valence-corrected chi connectivity index (χ4v) is 2.37. The Labute approximate surface area is 163 Å². The molecule has 0 unspecified atom stereocenters. The lowest BCUT2D eigenvalue weighted by molar-refractivity contribution is -0.385. The number of carbonyl (C=O) groups excluding carboxylic acids is 1. The number of benzene rings is 2. The Morgan fingerprint density at radius 1 is 1.07 bits per heavy atom. The van der Waals surface area contributed by atoms with Crippen LogP contribution in [0.3, 0.4) is 0 Å². The molecule has 0 heterocycles. The van der Waals surface area contributed by atoms with E-state index in [0.717, 1.165) is 6.42 Å². The smallest absolute Gasteiger partial charge is 0.344 e. The number of carbonyl (C=O) groups is 1. The first-order valence-corrected chi connectivity index (χ1v) is 8.82. The van der Waals surface area contributed by atoms with E-state index in [0.29, 0.717) is 19.6 Å². The summed E-state index contributed by atoms with van der Waals surface area (Å²) in [5.74, 6) is -0.186. The number of hydrogen-bond acceptors (Lipinski definition) is 7. The molecule has 0 amide bonds. The van der Waals surface area contributed by atoms with Crippen molar-refractivity contribution in [3.63, 3.8) is 0 Å². The molecule has 2 aromatic carbocycles. The standard InChI is InChI=1S/C20H23NO7/c1-25-19-14-17(8-9-18(19)21(23)24)28-15-20(22)27-12-5-11-26-13-10-16-6-3-2-4-7-16/h2-4,6-9,14H,5,10-13,15H2,1H3. The monoisotopic (exact) mass is 389 g/mol. The van der Waals surface area contributed by atoms with Crippen molar-refractivity contribution in [2.45, 2.75) is 12.8 Å². The Balaban J connectivity index is 1.58. The molecule has 0 aliphatic rings. The molecule has 0 N–H and O–H groups in total. The van der Waals surface area contributed by atoms with Gasteiger partial charge < -0.3 is 18.9 Å². The minimum Gasteiger partial charge on any atom is -0.490 e. The minimum atomic E-state index is -0.557. The second-order valence-corrected chi connectivity index (χ2v) is 5.80. The van der Waals surface area contributed by atoms with Gasteiger partial charge in [-0.15, -0.1) is 0 Å². The van der Waals surface area contributed by atoms with E-state index in [1.807, 2.05) is 30.3 Å². The summed E-state index contributed by atoms with van der Waals surface area (Å²) < 4.78 is 20.8. The van der Waals surface area contributed by atoms with Gasteiger partial charge in [-0.2, -0.15) is 0 Å². The molecule has 0 aromatic heterocycles. The van der Waals surface area contributed by atoms with E-state index in [9.17, 15) is 14.9 Å². The number of rotatable bonds is 12. The Kier molecular flexibility index (Phi) is 8.74. The van der Waals surface area contributed by atoms with Gasteiger partial charge in [0.25, 0.3) is 0 Å². The van der Waals surface area contributed by atoms with Crippen LogP contribution in [-0.4, -0.2) is 44.4 Å². The molecule has 0 radical (unpaired) electrons. The van der Waals surface area contributed by atoms with Crippen LogP contribution < -0.4 is 9.47 Å². The molecule has 0 aliphatic carbocycles. The number of ether oxygens (including phenoxy) is 4. The molecule has 2 rings (SSSR count). The molecule has 0 saturated carbocycles. The quantitative estimate of drug-likeness (QED) is 0.238. The normalized spacial score (nSPS) is 10.3. The van der Waals surface area contributed by atoms with Crippen molar-refractivity contribution < 1.29 is 28.7 Å². The van der Waals surface area contributed by atoms with Crippen molar-refractivity contribution in [1.29, 1.82) is 0 Å². The van der Waals surface area contributed by atoms with Crippen molar-refractivity contribution in [1.82, 2.24) is 0 Å². The topological polar surface area (TPSA) is 97.1 Å². The highest BCUT2D eigenvalue weighted by Crippen LogP contribution is 2.30. The third kappa shape index (κ3) is 7.24. The van der Waals surface area contributed by atoms with E-state index in [-0.39, 0.29) is 30.4 Å². The zero-order valence-electron chi connectivity index (χ0n) is 15.7. The summed E-state index contributed by atoms with van der Waals surface area (Å²) in [6.07, 6.45) is 1.43. The minimum absolute atomic E-state index is 0.0588. The summed E-state index contributed by atoms with van der Waals surface area (Å²) in [6.45, 7) is 1.05. The van der Waals surface area contributed by atoms with Gasteiger partial charge in [-0.25, -0.2) is 4.79 Å². The van der Waals surface area contributed by atoms with Gasteiger partial charge in [-0.1, -0.05) is 30.3 Å². The molecule has 0 fully saturated rings. The second-order valence-electron chi connectivity index (χ2n) is 5.80. The number of nitro groups is 1. The zero-order chi connectivity index (χ0) is 20.2. The van der Waals surface area contributed by atoms with Crippen LogP contribution in [0.15, 0.2) is 48.5 Å². The molecule has 2 aromatic rings. The largest absolute Gasteiger partial charge is 0.490 e. The average Bonchev–Trinajstić information content (AvgIpc) is 2.71. The third-order valence-corrected chi connectivity index (χ3v) is 3.78. The molecule has 0 bridgehead atoms. The van der Waals surface area contributed by atoms with Crippen molar-refractivity contribution in [2.24, 2.45) is 0 Å². The molecular formula is C20H23NO7. The summed E-state index contributed by atoms with van der Waals surface area (Å²) in [6, 6.07) is 14.1. The van der Waals surface area contributed by atoms with Crippen molar-refractivity contribution in [2.75, 3.05) is 33.5 Å². The summed E-state index contributed by atoms with van der Waals surface area (Å²) in [4.78, 5) is 22.0. The number of hydrogen-bond donors (Lipinski definition) is 0. The molecule has 150 valence electrons. The van der Waals surface area contributed by atoms with Crippen LogP contribution in [0.25, 0.3) is 0 Å². The Bertz CT molecular complexity index is 764. The van der Waals surface area contributed by atoms with Crippen molar-refractivity contribution in [3.8, 4) is 11.5 Å². The SMILES string of the molecule is COc1cc(OCC(=O)OCCCOCCc2ccccc2)ccc1[N+](=O)[O-]. The molecule has 0 aliphatic heterocycles. The van der Waals surface area contributed by atoms with Crippen LogP contribution in [0, 0.1) is 10.1 Å². The highest BCUT2D eigenvalue weighted by Gasteiger charge is 2.15. The maximum Gasteiger partial charge on any atom is 0.344 e. The highest BCUT2D eigenvalue weighted by atomic mass is 16.6. The summed E-state index contributed by atoms with van der Waals surface area (Å²) in [5.41, 5.74) is 1.04. The van der Waals surface area contributed by atoms with Gasteiger partial charge in [-0.05, 0) is 18.1 Å². The van der Waals surface area contributed by atoms with E-state index in [4.69, 9.17) is 18.9 Å². The van der Waals surface area contributed by atoms with Crippen LogP contribution in [0.2, 0.25) is 0 Å². The predicted molar refractivity (Wildman–Crippen MR) is 102 cm³/mol. The Hall–Kier alpha value is -3.13. The first kappa shape index (κ1) is 21.2. The number of nitro benzene ring substituents is 1.